The molecule has 1 aromatic carbocycles. The van der Waals surface area contributed by atoms with Gasteiger partial charge in [-0.1, -0.05) is 12.1 Å². The molecule has 0 spiro atoms. The second-order valence-electron chi connectivity index (χ2n) is 3.24. The van der Waals surface area contributed by atoms with Crippen LogP contribution < -0.4 is 0 Å². The average molecular weight is 201 g/mol. The van der Waals surface area contributed by atoms with Gasteiger partial charge in [-0.05, 0) is 36.2 Å². The summed E-state index contributed by atoms with van der Waals surface area (Å²) in [5.74, 6) is 0. The summed E-state index contributed by atoms with van der Waals surface area (Å²) in [6, 6.07) is 10.1. The molecule has 2 aromatic rings. The van der Waals surface area contributed by atoms with Crippen molar-refractivity contribution in [3.8, 4) is 11.1 Å². The summed E-state index contributed by atoms with van der Waals surface area (Å²) >= 11 is 4.30. The number of nitrogens with zero attached hydrogens (tertiary/aromatic N) is 1. The lowest BCUT2D eigenvalue weighted by Crippen LogP contribution is -1.83. The summed E-state index contributed by atoms with van der Waals surface area (Å²) in [7, 11) is 0. The molecule has 0 aliphatic rings. The number of pyridine rings is 1. The van der Waals surface area contributed by atoms with Crippen molar-refractivity contribution in [3.05, 3.63) is 48.3 Å². The highest BCUT2D eigenvalue weighted by Gasteiger charge is 2.00. The topological polar surface area (TPSA) is 12.9 Å². The Morgan fingerprint density at radius 1 is 1.21 bits per heavy atom. The minimum Gasteiger partial charge on any atom is -0.264 e. The third-order valence-electron chi connectivity index (χ3n) is 2.18. The van der Waals surface area contributed by atoms with Gasteiger partial charge in [-0.15, -0.1) is 12.6 Å². The standard InChI is InChI=1S/C12H11NS/c1-9-7-11(14)4-5-12(9)10-3-2-6-13-8-10/h2-8,14H,1H3. The van der Waals surface area contributed by atoms with Crippen LogP contribution in [0.2, 0.25) is 0 Å². The van der Waals surface area contributed by atoms with Gasteiger partial charge in [-0.3, -0.25) is 4.98 Å². The summed E-state index contributed by atoms with van der Waals surface area (Å²) in [5, 5.41) is 0. The molecular weight excluding hydrogens is 190 g/mol. The molecule has 2 heteroatoms. The van der Waals surface area contributed by atoms with Crippen molar-refractivity contribution >= 4 is 12.6 Å². The summed E-state index contributed by atoms with van der Waals surface area (Å²) in [5.41, 5.74) is 3.60. The number of benzene rings is 1. The van der Waals surface area contributed by atoms with Crippen LogP contribution in [0.3, 0.4) is 0 Å². The second-order valence-corrected chi connectivity index (χ2v) is 3.76. The summed E-state index contributed by atoms with van der Waals surface area (Å²) in [4.78, 5) is 5.10. The predicted octanol–water partition coefficient (Wildman–Crippen LogP) is 3.35. The Bertz CT molecular complexity index is 437. The molecule has 0 amide bonds. The van der Waals surface area contributed by atoms with Crippen molar-refractivity contribution in [2.24, 2.45) is 0 Å². The van der Waals surface area contributed by atoms with Crippen molar-refractivity contribution in [2.45, 2.75) is 11.8 Å². The number of thiol groups is 1. The molecule has 1 heterocycles. The zero-order chi connectivity index (χ0) is 9.97. The van der Waals surface area contributed by atoms with E-state index in [0.29, 0.717) is 0 Å². The Labute approximate surface area is 89.2 Å². The van der Waals surface area contributed by atoms with E-state index in [1.807, 2.05) is 18.3 Å². The van der Waals surface area contributed by atoms with Gasteiger partial charge in [0.05, 0.1) is 0 Å². The van der Waals surface area contributed by atoms with Crippen LogP contribution in [0.1, 0.15) is 5.56 Å². The molecular formula is C12H11NS. The Morgan fingerprint density at radius 3 is 2.71 bits per heavy atom. The number of rotatable bonds is 1. The van der Waals surface area contributed by atoms with Gasteiger partial charge in [0.15, 0.2) is 0 Å². The van der Waals surface area contributed by atoms with Gasteiger partial charge in [0.2, 0.25) is 0 Å². The van der Waals surface area contributed by atoms with E-state index in [-0.39, 0.29) is 0 Å². The molecule has 0 radical (unpaired) electrons. The molecule has 0 aliphatic heterocycles. The van der Waals surface area contributed by atoms with E-state index < -0.39 is 0 Å². The average Bonchev–Trinajstić information content (AvgIpc) is 2.19. The maximum atomic E-state index is 4.30. The molecule has 0 aliphatic carbocycles. The molecule has 0 atom stereocenters. The lowest BCUT2D eigenvalue weighted by atomic mass is 10.0. The smallest absolute Gasteiger partial charge is 0.0346 e. The van der Waals surface area contributed by atoms with E-state index in [1.165, 1.54) is 11.1 Å². The van der Waals surface area contributed by atoms with Gasteiger partial charge in [0.25, 0.3) is 0 Å². The van der Waals surface area contributed by atoms with E-state index in [2.05, 4.69) is 42.7 Å². The molecule has 1 aromatic heterocycles. The Kier molecular flexibility index (Phi) is 2.55. The highest BCUT2D eigenvalue weighted by Crippen LogP contribution is 2.24. The largest absolute Gasteiger partial charge is 0.264 e. The zero-order valence-electron chi connectivity index (χ0n) is 7.94. The molecule has 1 nitrogen and oxygen atoms in total. The van der Waals surface area contributed by atoms with Gasteiger partial charge in [0, 0.05) is 22.9 Å². The molecule has 0 saturated heterocycles. The van der Waals surface area contributed by atoms with Crippen molar-refractivity contribution < 1.29 is 0 Å². The van der Waals surface area contributed by atoms with E-state index in [9.17, 15) is 0 Å². The molecule has 0 N–H and O–H groups in total. The van der Waals surface area contributed by atoms with Gasteiger partial charge < -0.3 is 0 Å². The first-order valence-corrected chi connectivity index (χ1v) is 4.92. The molecule has 70 valence electrons. The van der Waals surface area contributed by atoms with Crippen molar-refractivity contribution in [1.82, 2.24) is 4.98 Å². The van der Waals surface area contributed by atoms with E-state index in [1.54, 1.807) is 6.20 Å². The van der Waals surface area contributed by atoms with Crippen LogP contribution in [0.5, 0.6) is 0 Å². The molecule has 0 fully saturated rings. The predicted molar refractivity (Wildman–Crippen MR) is 61.7 cm³/mol. The normalized spacial score (nSPS) is 10.1. The van der Waals surface area contributed by atoms with Gasteiger partial charge in [0.1, 0.15) is 0 Å². The molecule has 0 bridgehead atoms. The lowest BCUT2D eigenvalue weighted by molar-refractivity contribution is 1.31. The van der Waals surface area contributed by atoms with Crippen molar-refractivity contribution in [2.75, 3.05) is 0 Å². The number of aryl methyl sites for hydroxylation is 1. The van der Waals surface area contributed by atoms with Crippen LogP contribution in [0.25, 0.3) is 11.1 Å². The maximum Gasteiger partial charge on any atom is 0.0346 e. The quantitative estimate of drug-likeness (QED) is 0.698. The first kappa shape index (κ1) is 9.28. The van der Waals surface area contributed by atoms with E-state index in [4.69, 9.17) is 0 Å². The first-order valence-electron chi connectivity index (χ1n) is 4.47. The summed E-state index contributed by atoms with van der Waals surface area (Å²) in [6.45, 7) is 2.09. The highest BCUT2D eigenvalue weighted by atomic mass is 32.1. The van der Waals surface area contributed by atoms with E-state index in [0.717, 1.165) is 10.5 Å². The minimum atomic E-state index is 0.996. The molecule has 0 saturated carbocycles. The summed E-state index contributed by atoms with van der Waals surface area (Å²) in [6.07, 6.45) is 3.66. The van der Waals surface area contributed by atoms with Crippen LogP contribution >= 0.6 is 12.6 Å². The Balaban J connectivity index is 2.53. The SMILES string of the molecule is Cc1cc(S)ccc1-c1cccnc1. The molecule has 0 unspecified atom stereocenters. The second kappa shape index (κ2) is 3.84. The highest BCUT2D eigenvalue weighted by molar-refractivity contribution is 7.80. The maximum absolute atomic E-state index is 4.30. The number of hydrogen-bond acceptors (Lipinski definition) is 2. The van der Waals surface area contributed by atoms with Gasteiger partial charge >= 0.3 is 0 Å². The van der Waals surface area contributed by atoms with Crippen LogP contribution in [0, 0.1) is 6.92 Å². The minimum absolute atomic E-state index is 0.996. The first-order chi connectivity index (χ1) is 6.77. The number of aromatic nitrogens is 1. The van der Waals surface area contributed by atoms with Gasteiger partial charge in [-0.25, -0.2) is 0 Å². The third-order valence-corrected chi connectivity index (χ3v) is 2.46. The monoisotopic (exact) mass is 201 g/mol. The zero-order valence-corrected chi connectivity index (χ0v) is 8.83. The number of hydrogen-bond donors (Lipinski definition) is 1. The van der Waals surface area contributed by atoms with Crippen LogP contribution in [0.4, 0.5) is 0 Å². The van der Waals surface area contributed by atoms with Crippen LogP contribution in [-0.2, 0) is 0 Å². The lowest BCUT2D eigenvalue weighted by Gasteiger charge is -2.05. The van der Waals surface area contributed by atoms with Crippen molar-refractivity contribution in [3.63, 3.8) is 0 Å². The summed E-state index contributed by atoms with van der Waals surface area (Å²) < 4.78 is 0. The molecule has 2 rings (SSSR count). The van der Waals surface area contributed by atoms with E-state index >= 15 is 0 Å². The Morgan fingerprint density at radius 2 is 2.07 bits per heavy atom. The Hall–Kier alpha value is -1.28. The van der Waals surface area contributed by atoms with Crippen LogP contribution in [-0.4, -0.2) is 4.98 Å². The fourth-order valence-electron chi connectivity index (χ4n) is 1.49. The third kappa shape index (κ3) is 1.80. The molecule has 14 heavy (non-hydrogen) atoms. The fraction of sp³-hybridized carbons (Fsp3) is 0.0833. The van der Waals surface area contributed by atoms with Gasteiger partial charge in [-0.2, -0.15) is 0 Å². The van der Waals surface area contributed by atoms with Crippen LogP contribution in [0.15, 0.2) is 47.6 Å². The van der Waals surface area contributed by atoms with Crippen molar-refractivity contribution in [1.29, 1.82) is 0 Å². The fourth-order valence-corrected chi connectivity index (χ4v) is 1.76.